The number of hydrogen-bond acceptors (Lipinski definition) is 3. The van der Waals surface area contributed by atoms with Crippen LogP contribution in [0.4, 0.5) is 15.8 Å². The van der Waals surface area contributed by atoms with Gasteiger partial charge in [0.15, 0.2) is 0 Å². The SMILES string of the molecule is CN(C)c1cccc(-c2cnc3c(c2)N(Cc2cccc(F)c2)C(=O)C3)c1. The van der Waals surface area contributed by atoms with Crippen molar-refractivity contribution in [3.05, 3.63) is 77.9 Å². The van der Waals surface area contributed by atoms with E-state index in [0.717, 1.165) is 33.8 Å². The molecule has 1 aliphatic rings. The Labute approximate surface area is 157 Å². The van der Waals surface area contributed by atoms with Crippen molar-refractivity contribution in [2.75, 3.05) is 23.9 Å². The molecular weight excluding hydrogens is 341 g/mol. The lowest BCUT2D eigenvalue weighted by Gasteiger charge is -2.18. The highest BCUT2D eigenvalue weighted by Gasteiger charge is 2.29. The predicted molar refractivity (Wildman–Crippen MR) is 105 cm³/mol. The molecule has 1 aromatic heterocycles. The second kappa shape index (κ2) is 6.83. The minimum Gasteiger partial charge on any atom is -0.378 e. The van der Waals surface area contributed by atoms with Crippen molar-refractivity contribution in [2.45, 2.75) is 13.0 Å². The summed E-state index contributed by atoms with van der Waals surface area (Å²) >= 11 is 0. The largest absolute Gasteiger partial charge is 0.378 e. The summed E-state index contributed by atoms with van der Waals surface area (Å²) in [5.74, 6) is -0.312. The van der Waals surface area contributed by atoms with Gasteiger partial charge in [-0.05, 0) is 41.5 Å². The van der Waals surface area contributed by atoms with Gasteiger partial charge in [0, 0.05) is 31.5 Å². The van der Waals surface area contributed by atoms with Crippen LogP contribution in [0.25, 0.3) is 11.1 Å². The topological polar surface area (TPSA) is 36.4 Å². The molecule has 0 bridgehead atoms. The first-order valence-electron chi connectivity index (χ1n) is 8.83. The van der Waals surface area contributed by atoms with Crippen molar-refractivity contribution in [1.82, 2.24) is 4.98 Å². The number of rotatable bonds is 4. The fraction of sp³-hybridized carbons (Fsp3) is 0.182. The Morgan fingerprint density at radius 3 is 2.67 bits per heavy atom. The monoisotopic (exact) mass is 361 g/mol. The van der Waals surface area contributed by atoms with E-state index < -0.39 is 0 Å². The molecule has 4 rings (SSSR count). The predicted octanol–water partition coefficient (Wildman–Crippen LogP) is 4.04. The van der Waals surface area contributed by atoms with Crippen molar-refractivity contribution >= 4 is 17.3 Å². The van der Waals surface area contributed by atoms with E-state index in [1.807, 2.05) is 55.5 Å². The van der Waals surface area contributed by atoms with Gasteiger partial charge in [-0.2, -0.15) is 0 Å². The molecule has 0 radical (unpaired) electrons. The van der Waals surface area contributed by atoms with Crippen LogP contribution in [0.2, 0.25) is 0 Å². The molecule has 0 spiro atoms. The van der Waals surface area contributed by atoms with Crippen LogP contribution >= 0.6 is 0 Å². The number of hydrogen-bond donors (Lipinski definition) is 0. The Hall–Kier alpha value is -3.21. The number of benzene rings is 2. The molecule has 1 amide bonds. The number of halogens is 1. The molecule has 0 saturated carbocycles. The van der Waals surface area contributed by atoms with Crippen LogP contribution in [0.3, 0.4) is 0 Å². The zero-order valence-corrected chi connectivity index (χ0v) is 15.3. The Bertz CT molecular complexity index is 1020. The molecule has 0 aliphatic carbocycles. The van der Waals surface area contributed by atoms with E-state index in [4.69, 9.17) is 0 Å². The van der Waals surface area contributed by atoms with Gasteiger partial charge in [-0.15, -0.1) is 0 Å². The van der Waals surface area contributed by atoms with Gasteiger partial charge < -0.3 is 9.80 Å². The van der Waals surface area contributed by atoms with Crippen molar-refractivity contribution in [2.24, 2.45) is 0 Å². The Morgan fingerprint density at radius 2 is 1.89 bits per heavy atom. The number of fused-ring (bicyclic) bond motifs is 1. The van der Waals surface area contributed by atoms with Crippen molar-refractivity contribution in [1.29, 1.82) is 0 Å². The van der Waals surface area contributed by atoms with E-state index in [2.05, 4.69) is 11.1 Å². The molecule has 136 valence electrons. The molecule has 2 aromatic carbocycles. The average Bonchev–Trinajstić information content (AvgIpc) is 2.96. The molecule has 0 unspecified atom stereocenters. The summed E-state index contributed by atoms with van der Waals surface area (Å²) in [7, 11) is 4.00. The minimum absolute atomic E-state index is 0.0130. The van der Waals surface area contributed by atoms with Crippen molar-refractivity contribution in [3.8, 4) is 11.1 Å². The number of aromatic nitrogens is 1. The van der Waals surface area contributed by atoms with Crippen LogP contribution < -0.4 is 9.80 Å². The van der Waals surface area contributed by atoms with Crippen LogP contribution in [0.5, 0.6) is 0 Å². The molecule has 1 aliphatic heterocycles. The maximum Gasteiger partial charge on any atom is 0.233 e. The zero-order valence-electron chi connectivity index (χ0n) is 15.3. The summed E-state index contributed by atoms with van der Waals surface area (Å²) in [4.78, 5) is 20.8. The second-order valence-electron chi connectivity index (χ2n) is 6.92. The number of carbonyl (C=O) groups excluding carboxylic acids is 1. The Balaban J connectivity index is 1.69. The molecular formula is C22H20FN3O. The first-order chi connectivity index (χ1) is 13.0. The highest BCUT2D eigenvalue weighted by molar-refractivity contribution is 6.01. The molecule has 0 saturated heterocycles. The summed E-state index contributed by atoms with van der Waals surface area (Å²) in [5.41, 5.74) is 5.43. The van der Waals surface area contributed by atoms with Crippen LogP contribution in [-0.4, -0.2) is 25.0 Å². The third kappa shape index (κ3) is 3.40. The third-order valence-electron chi connectivity index (χ3n) is 4.78. The van der Waals surface area contributed by atoms with Gasteiger partial charge in [-0.25, -0.2) is 4.39 Å². The van der Waals surface area contributed by atoms with E-state index in [1.54, 1.807) is 11.0 Å². The Morgan fingerprint density at radius 1 is 1.07 bits per heavy atom. The van der Waals surface area contributed by atoms with E-state index in [1.165, 1.54) is 12.1 Å². The molecule has 0 atom stereocenters. The first kappa shape index (κ1) is 17.2. The lowest BCUT2D eigenvalue weighted by atomic mass is 10.1. The minimum atomic E-state index is -0.299. The number of pyridine rings is 1. The van der Waals surface area contributed by atoms with Gasteiger partial charge in [0.2, 0.25) is 5.91 Å². The first-order valence-corrected chi connectivity index (χ1v) is 8.83. The molecule has 2 heterocycles. The van der Waals surface area contributed by atoms with Crippen LogP contribution in [0, 0.1) is 5.82 Å². The average molecular weight is 361 g/mol. The lowest BCUT2D eigenvalue weighted by Crippen LogP contribution is -2.26. The summed E-state index contributed by atoms with van der Waals surface area (Å²) in [6.45, 7) is 0.340. The fourth-order valence-corrected chi connectivity index (χ4v) is 3.34. The van der Waals surface area contributed by atoms with Crippen LogP contribution in [0.1, 0.15) is 11.3 Å². The maximum absolute atomic E-state index is 13.5. The fourth-order valence-electron chi connectivity index (χ4n) is 3.34. The zero-order chi connectivity index (χ0) is 19.0. The van der Waals surface area contributed by atoms with Crippen LogP contribution in [-0.2, 0) is 17.8 Å². The van der Waals surface area contributed by atoms with E-state index in [9.17, 15) is 9.18 Å². The molecule has 0 fully saturated rings. The van der Waals surface area contributed by atoms with Crippen molar-refractivity contribution < 1.29 is 9.18 Å². The quantitative estimate of drug-likeness (QED) is 0.704. The van der Waals surface area contributed by atoms with Gasteiger partial charge in [0.25, 0.3) is 0 Å². The molecule has 3 aromatic rings. The summed E-state index contributed by atoms with van der Waals surface area (Å²) < 4.78 is 13.5. The third-order valence-corrected chi connectivity index (χ3v) is 4.78. The smallest absolute Gasteiger partial charge is 0.233 e. The highest BCUT2D eigenvalue weighted by Crippen LogP contribution is 2.33. The van der Waals surface area contributed by atoms with E-state index in [-0.39, 0.29) is 18.1 Å². The molecule has 0 N–H and O–H groups in total. The van der Waals surface area contributed by atoms with Crippen LogP contribution in [0.15, 0.2) is 60.8 Å². The van der Waals surface area contributed by atoms with Gasteiger partial charge >= 0.3 is 0 Å². The normalized spacial score (nSPS) is 13.0. The van der Waals surface area contributed by atoms with E-state index in [0.29, 0.717) is 6.54 Å². The standard InChI is InChI=1S/C22H20FN3O/c1-25(2)19-8-4-6-16(10-19)17-11-21-20(24-13-17)12-22(27)26(21)14-15-5-3-7-18(23)9-15/h3-11,13H,12,14H2,1-2H3. The molecule has 5 heteroatoms. The second-order valence-corrected chi connectivity index (χ2v) is 6.92. The number of anilines is 2. The summed E-state index contributed by atoms with van der Waals surface area (Å²) in [6, 6.07) is 16.5. The number of carbonyl (C=O) groups is 1. The molecule has 4 nitrogen and oxygen atoms in total. The van der Waals surface area contributed by atoms with Gasteiger partial charge in [-0.1, -0.05) is 24.3 Å². The number of nitrogens with zero attached hydrogens (tertiary/aromatic N) is 3. The van der Waals surface area contributed by atoms with Gasteiger partial charge in [-0.3, -0.25) is 9.78 Å². The maximum atomic E-state index is 13.5. The highest BCUT2D eigenvalue weighted by atomic mass is 19.1. The summed E-state index contributed by atoms with van der Waals surface area (Å²) in [5, 5.41) is 0. The van der Waals surface area contributed by atoms with Crippen molar-refractivity contribution in [3.63, 3.8) is 0 Å². The summed E-state index contributed by atoms with van der Waals surface area (Å²) in [6.07, 6.45) is 2.09. The Kier molecular flexibility index (Phi) is 4.36. The molecule has 27 heavy (non-hydrogen) atoms. The lowest BCUT2D eigenvalue weighted by molar-refractivity contribution is -0.117. The van der Waals surface area contributed by atoms with Gasteiger partial charge in [0.05, 0.1) is 24.3 Å². The van der Waals surface area contributed by atoms with E-state index >= 15 is 0 Å². The number of amides is 1. The van der Waals surface area contributed by atoms with Gasteiger partial charge in [0.1, 0.15) is 5.82 Å².